The van der Waals surface area contributed by atoms with Crippen LogP contribution in [0.4, 0.5) is 0 Å². The van der Waals surface area contributed by atoms with Gasteiger partial charge in [0.25, 0.3) is 0 Å². The molecule has 4 nitrogen and oxygen atoms in total. The summed E-state index contributed by atoms with van der Waals surface area (Å²) in [5, 5.41) is 0. The van der Waals surface area contributed by atoms with E-state index in [1.165, 1.54) is 32.4 Å². The van der Waals surface area contributed by atoms with Gasteiger partial charge in [0.15, 0.2) is 0 Å². The predicted octanol–water partition coefficient (Wildman–Crippen LogP) is 2.58. The molecule has 0 atom stereocenters. The van der Waals surface area contributed by atoms with Gasteiger partial charge in [-0.05, 0) is 46.4 Å². The topological polar surface area (TPSA) is 52.6 Å². The monoisotopic (exact) mass is 372 g/mol. The number of methoxy groups -OCH3 is 2. The summed E-state index contributed by atoms with van der Waals surface area (Å²) in [5.41, 5.74) is 1.10. The highest BCUT2D eigenvalue weighted by atomic mass is 127. The van der Waals surface area contributed by atoms with Crippen LogP contribution in [0.1, 0.15) is 5.56 Å². The van der Waals surface area contributed by atoms with E-state index in [0.717, 1.165) is 9.13 Å². The summed E-state index contributed by atoms with van der Waals surface area (Å²) in [6, 6.07) is 7.40. The van der Waals surface area contributed by atoms with E-state index in [2.05, 4.69) is 27.3 Å². The van der Waals surface area contributed by atoms with Crippen molar-refractivity contribution in [3.8, 4) is 0 Å². The molecule has 100 valence electrons. The first kappa shape index (κ1) is 15.4. The van der Waals surface area contributed by atoms with Crippen LogP contribution in [-0.2, 0) is 19.1 Å². The third-order valence-electron chi connectivity index (χ3n) is 2.26. The van der Waals surface area contributed by atoms with Crippen molar-refractivity contribution >= 4 is 40.1 Å². The second-order valence-electron chi connectivity index (χ2n) is 3.46. The van der Waals surface area contributed by atoms with Gasteiger partial charge in [-0.2, -0.15) is 0 Å². The van der Waals surface area contributed by atoms with Gasteiger partial charge in [-0.15, -0.1) is 0 Å². The van der Waals surface area contributed by atoms with Gasteiger partial charge >= 0.3 is 11.9 Å². The molecule has 1 rings (SSSR count). The predicted molar refractivity (Wildman–Crippen MR) is 80.3 cm³/mol. The second-order valence-corrected chi connectivity index (χ2v) is 4.71. The van der Waals surface area contributed by atoms with Crippen molar-refractivity contribution in [2.75, 3.05) is 14.2 Å². The second kappa shape index (κ2) is 7.73. The van der Waals surface area contributed by atoms with Gasteiger partial charge in [-0.25, -0.2) is 9.59 Å². The van der Waals surface area contributed by atoms with Crippen molar-refractivity contribution in [3.05, 3.63) is 51.6 Å². The lowest BCUT2D eigenvalue weighted by atomic mass is 10.1. The highest BCUT2D eigenvalue weighted by Gasteiger charge is 2.11. The van der Waals surface area contributed by atoms with E-state index in [4.69, 9.17) is 4.74 Å². The molecule has 1 aromatic rings. The SMILES string of the molecule is COC(=O)/C=C\C=C(/C(=O)OC)c1ccc(I)cc1. The van der Waals surface area contributed by atoms with Crippen molar-refractivity contribution < 1.29 is 19.1 Å². The molecule has 0 aliphatic heterocycles. The molecule has 0 saturated heterocycles. The number of ether oxygens (including phenoxy) is 2. The molecule has 0 fully saturated rings. The highest BCUT2D eigenvalue weighted by molar-refractivity contribution is 14.1. The minimum atomic E-state index is -0.483. The molecular formula is C14H13IO4. The molecule has 0 saturated carbocycles. The normalized spacial score (nSPS) is 11.4. The van der Waals surface area contributed by atoms with Gasteiger partial charge in [0, 0.05) is 9.65 Å². The largest absolute Gasteiger partial charge is 0.466 e. The van der Waals surface area contributed by atoms with Crippen LogP contribution in [0, 0.1) is 3.57 Å². The summed E-state index contributed by atoms with van der Waals surface area (Å²) in [5.74, 6) is -0.946. The Kier molecular flexibility index (Phi) is 6.27. The number of esters is 2. The zero-order valence-corrected chi connectivity index (χ0v) is 12.7. The quantitative estimate of drug-likeness (QED) is 0.353. The van der Waals surface area contributed by atoms with E-state index in [9.17, 15) is 9.59 Å². The van der Waals surface area contributed by atoms with Crippen molar-refractivity contribution in [1.82, 2.24) is 0 Å². The Morgan fingerprint density at radius 3 is 2.26 bits per heavy atom. The first-order valence-electron chi connectivity index (χ1n) is 5.39. The van der Waals surface area contributed by atoms with Crippen LogP contribution in [0.3, 0.4) is 0 Å². The van der Waals surface area contributed by atoms with E-state index in [1.54, 1.807) is 0 Å². The summed E-state index contributed by atoms with van der Waals surface area (Å²) < 4.78 is 10.3. The Hall–Kier alpha value is -1.63. The van der Waals surface area contributed by atoms with Gasteiger partial charge < -0.3 is 9.47 Å². The summed E-state index contributed by atoms with van der Waals surface area (Å²) in [7, 11) is 2.60. The molecule has 0 unspecified atom stereocenters. The minimum absolute atomic E-state index is 0.374. The molecule has 0 heterocycles. The van der Waals surface area contributed by atoms with Crippen LogP contribution in [-0.4, -0.2) is 26.2 Å². The number of halogens is 1. The molecular weight excluding hydrogens is 359 g/mol. The zero-order valence-electron chi connectivity index (χ0n) is 10.6. The minimum Gasteiger partial charge on any atom is -0.466 e. The molecule has 0 aromatic heterocycles. The summed E-state index contributed by atoms with van der Waals surface area (Å²) in [6.45, 7) is 0. The molecule has 0 spiro atoms. The fourth-order valence-electron chi connectivity index (χ4n) is 1.31. The van der Waals surface area contributed by atoms with E-state index >= 15 is 0 Å². The number of benzene rings is 1. The number of carbonyl (C=O) groups is 2. The maximum Gasteiger partial charge on any atom is 0.338 e. The Bertz CT molecular complexity index is 515. The molecule has 19 heavy (non-hydrogen) atoms. The van der Waals surface area contributed by atoms with Crippen LogP contribution in [0.2, 0.25) is 0 Å². The average Bonchev–Trinajstić information content (AvgIpc) is 2.43. The van der Waals surface area contributed by atoms with Crippen molar-refractivity contribution in [3.63, 3.8) is 0 Å². The lowest BCUT2D eigenvalue weighted by molar-refractivity contribution is -0.135. The van der Waals surface area contributed by atoms with Gasteiger partial charge in [0.1, 0.15) is 0 Å². The molecule has 0 aliphatic carbocycles. The van der Waals surface area contributed by atoms with Gasteiger partial charge in [-0.3, -0.25) is 0 Å². The molecule has 0 radical (unpaired) electrons. The molecule has 0 amide bonds. The Labute approximate surface area is 125 Å². The van der Waals surface area contributed by atoms with Crippen LogP contribution >= 0.6 is 22.6 Å². The molecule has 0 N–H and O–H groups in total. The molecule has 1 aromatic carbocycles. The number of allylic oxidation sites excluding steroid dienone is 2. The third kappa shape index (κ3) is 4.86. The van der Waals surface area contributed by atoms with E-state index in [-0.39, 0.29) is 0 Å². The first-order chi connectivity index (χ1) is 9.08. The Morgan fingerprint density at radius 1 is 1.11 bits per heavy atom. The Morgan fingerprint density at radius 2 is 1.74 bits per heavy atom. The van der Waals surface area contributed by atoms with Gasteiger partial charge in [0.05, 0.1) is 19.8 Å². The number of carbonyl (C=O) groups excluding carboxylic acids is 2. The molecule has 0 aliphatic rings. The van der Waals surface area contributed by atoms with Crippen molar-refractivity contribution in [1.29, 1.82) is 0 Å². The lowest BCUT2D eigenvalue weighted by Gasteiger charge is -2.04. The van der Waals surface area contributed by atoms with Crippen LogP contribution in [0.25, 0.3) is 5.57 Å². The average molecular weight is 372 g/mol. The Balaban J connectivity index is 3.05. The third-order valence-corrected chi connectivity index (χ3v) is 2.98. The van der Waals surface area contributed by atoms with Crippen LogP contribution < -0.4 is 0 Å². The number of hydrogen-bond donors (Lipinski definition) is 0. The number of rotatable bonds is 4. The maximum atomic E-state index is 11.7. The van der Waals surface area contributed by atoms with Crippen molar-refractivity contribution in [2.45, 2.75) is 0 Å². The summed E-state index contributed by atoms with van der Waals surface area (Å²) >= 11 is 2.18. The summed E-state index contributed by atoms with van der Waals surface area (Å²) in [4.78, 5) is 22.7. The maximum absolute atomic E-state index is 11.7. The van der Waals surface area contributed by atoms with E-state index in [0.29, 0.717) is 5.57 Å². The number of hydrogen-bond acceptors (Lipinski definition) is 4. The van der Waals surface area contributed by atoms with E-state index < -0.39 is 11.9 Å². The lowest BCUT2D eigenvalue weighted by Crippen LogP contribution is -2.03. The fraction of sp³-hybridized carbons (Fsp3) is 0.143. The smallest absolute Gasteiger partial charge is 0.338 e. The standard InChI is InChI=1S/C14H13IO4/c1-18-13(16)5-3-4-12(14(17)19-2)10-6-8-11(15)9-7-10/h3-9H,1-2H3/b5-3-,12-4-. The molecule has 0 bridgehead atoms. The van der Waals surface area contributed by atoms with Crippen LogP contribution in [0.15, 0.2) is 42.5 Å². The van der Waals surface area contributed by atoms with Gasteiger partial charge in [-0.1, -0.05) is 18.2 Å². The summed E-state index contributed by atoms with van der Waals surface area (Å²) in [6.07, 6.45) is 4.21. The zero-order chi connectivity index (χ0) is 14.3. The first-order valence-corrected chi connectivity index (χ1v) is 6.47. The van der Waals surface area contributed by atoms with E-state index in [1.807, 2.05) is 24.3 Å². The van der Waals surface area contributed by atoms with Crippen molar-refractivity contribution in [2.24, 2.45) is 0 Å². The fourth-order valence-corrected chi connectivity index (χ4v) is 1.67. The van der Waals surface area contributed by atoms with Crippen LogP contribution in [0.5, 0.6) is 0 Å². The van der Waals surface area contributed by atoms with Gasteiger partial charge in [0.2, 0.25) is 0 Å². The molecule has 5 heteroatoms. The highest BCUT2D eigenvalue weighted by Crippen LogP contribution is 2.17.